The lowest BCUT2D eigenvalue weighted by atomic mass is 10.1. The molecule has 6 nitrogen and oxygen atoms in total. The molecule has 3 aromatic rings. The van der Waals surface area contributed by atoms with Crippen LogP contribution >= 0.6 is 24.0 Å². The van der Waals surface area contributed by atoms with Crippen LogP contribution in [0.3, 0.4) is 0 Å². The van der Waals surface area contributed by atoms with E-state index in [2.05, 4.69) is 5.32 Å². The molecule has 178 valence electrons. The molecular formula is C27H24N2O4S2. The number of aryl methyl sites for hydroxylation is 2. The summed E-state index contributed by atoms with van der Waals surface area (Å²) in [4.78, 5) is 27.3. The Kier molecular flexibility index (Phi) is 7.53. The number of amides is 2. The molecule has 0 saturated carbocycles. The molecule has 4 rings (SSSR count). The summed E-state index contributed by atoms with van der Waals surface area (Å²) in [6, 6.07) is 20.4. The van der Waals surface area contributed by atoms with E-state index >= 15 is 0 Å². The molecule has 1 saturated heterocycles. The molecule has 1 aliphatic heterocycles. The molecule has 1 heterocycles. The largest absolute Gasteiger partial charge is 0.493 e. The first kappa shape index (κ1) is 24.5. The Balaban J connectivity index is 1.44. The second kappa shape index (κ2) is 10.8. The predicted molar refractivity (Wildman–Crippen MR) is 145 cm³/mol. The van der Waals surface area contributed by atoms with Gasteiger partial charge < -0.3 is 14.8 Å². The van der Waals surface area contributed by atoms with E-state index in [0.29, 0.717) is 26.4 Å². The Bertz CT molecular complexity index is 1300. The van der Waals surface area contributed by atoms with Crippen LogP contribution in [0.1, 0.15) is 16.7 Å². The Hall–Kier alpha value is -3.62. The molecular weight excluding hydrogens is 480 g/mol. The third-order valence-electron chi connectivity index (χ3n) is 5.27. The zero-order chi connectivity index (χ0) is 24.9. The molecule has 1 N–H and O–H groups in total. The van der Waals surface area contributed by atoms with Crippen molar-refractivity contribution >= 4 is 57.6 Å². The number of thioether (sulfide) groups is 1. The molecule has 0 atom stereocenters. The molecule has 35 heavy (non-hydrogen) atoms. The predicted octanol–water partition coefficient (Wildman–Crippen LogP) is 5.74. The topological polar surface area (TPSA) is 67.9 Å². The molecule has 0 spiro atoms. The van der Waals surface area contributed by atoms with Gasteiger partial charge in [-0.3, -0.25) is 14.5 Å². The van der Waals surface area contributed by atoms with Gasteiger partial charge in [-0.25, -0.2) is 0 Å². The Labute approximate surface area is 213 Å². The van der Waals surface area contributed by atoms with Crippen molar-refractivity contribution in [3.63, 3.8) is 0 Å². The lowest BCUT2D eigenvalue weighted by Gasteiger charge is -2.14. The van der Waals surface area contributed by atoms with Crippen LogP contribution in [-0.2, 0) is 9.59 Å². The van der Waals surface area contributed by atoms with E-state index in [1.54, 1.807) is 24.3 Å². The van der Waals surface area contributed by atoms with Gasteiger partial charge in [0, 0.05) is 5.69 Å². The smallest absolute Gasteiger partial charge is 0.270 e. The van der Waals surface area contributed by atoms with Crippen molar-refractivity contribution in [1.29, 1.82) is 0 Å². The van der Waals surface area contributed by atoms with Crippen LogP contribution in [0.2, 0.25) is 0 Å². The van der Waals surface area contributed by atoms with E-state index in [1.165, 1.54) is 23.8 Å². The summed E-state index contributed by atoms with van der Waals surface area (Å²) in [6.07, 6.45) is 1.77. The van der Waals surface area contributed by atoms with Gasteiger partial charge in [0.05, 0.1) is 17.7 Å². The fourth-order valence-corrected chi connectivity index (χ4v) is 4.71. The van der Waals surface area contributed by atoms with Gasteiger partial charge in [-0.2, -0.15) is 0 Å². The molecule has 0 aromatic heterocycles. The van der Waals surface area contributed by atoms with Gasteiger partial charge in [0.2, 0.25) is 0 Å². The minimum Gasteiger partial charge on any atom is -0.493 e. The Morgan fingerprint density at radius 1 is 1.00 bits per heavy atom. The van der Waals surface area contributed by atoms with Crippen molar-refractivity contribution in [3.05, 3.63) is 88.3 Å². The second-order valence-corrected chi connectivity index (χ2v) is 9.64. The molecule has 0 bridgehead atoms. The fraction of sp³-hybridized carbons (Fsp3) is 0.148. The van der Waals surface area contributed by atoms with Crippen molar-refractivity contribution in [2.24, 2.45) is 0 Å². The highest BCUT2D eigenvalue weighted by molar-refractivity contribution is 8.27. The monoisotopic (exact) mass is 504 g/mol. The van der Waals surface area contributed by atoms with Gasteiger partial charge in [-0.1, -0.05) is 65.4 Å². The van der Waals surface area contributed by atoms with E-state index in [9.17, 15) is 9.59 Å². The number of nitrogens with one attached hydrogen (secondary N) is 1. The first-order chi connectivity index (χ1) is 16.8. The minimum atomic E-state index is -0.278. The number of methoxy groups -OCH3 is 1. The number of hydrogen-bond donors (Lipinski definition) is 1. The zero-order valence-electron chi connectivity index (χ0n) is 19.5. The number of ether oxygens (including phenoxy) is 2. The van der Waals surface area contributed by atoms with Crippen LogP contribution in [0.25, 0.3) is 6.08 Å². The maximum absolute atomic E-state index is 13.0. The molecule has 8 heteroatoms. The number of anilines is 2. The second-order valence-electron chi connectivity index (χ2n) is 7.97. The summed E-state index contributed by atoms with van der Waals surface area (Å²) < 4.78 is 11.6. The van der Waals surface area contributed by atoms with Crippen molar-refractivity contribution in [2.45, 2.75) is 13.8 Å². The number of carbonyl (C=O) groups is 2. The van der Waals surface area contributed by atoms with Gasteiger partial charge in [0.1, 0.15) is 0 Å². The van der Waals surface area contributed by atoms with Crippen LogP contribution in [0.4, 0.5) is 11.4 Å². The Morgan fingerprint density at radius 2 is 1.66 bits per heavy atom. The van der Waals surface area contributed by atoms with Crippen LogP contribution in [0.15, 0.2) is 71.6 Å². The number of benzene rings is 3. The normalized spacial score (nSPS) is 14.4. The summed E-state index contributed by atoms with van der Waals surface area (Å²) >= 11 is 6.70. The van der Waals surface area contributed by atoms with Gasteiger partial charge in [0.25, 0.3) is 11.8 Å². The maximum Gasteiger partial charge on any atom is 0.270 e. The summed E-state index contributed by atoms with van der Waals surface area (Å²) in [7, 11) is 1.52. The van der Waals surface area contributed by atoms with Crippen molar-refractivity contribution < 1.29 is 19.1 Å². The fourth-order valence-electron chi connectivity index (χ4n) is 3.41. The van der Waals surface area contributed by atoms with E-state index in [-0.39, 0.29) is 18.4 Å². The van der Waals surface area contributed by atoms with Gasteiger partial charge in [-0.15, -0.1) is 0 Å². The maximum atomic E-state index is 13.0. The summed E-state index contributed by atoms with van der Waals surface area (Å²) in [5.74, 6) is 0.433. The Morgan fingerprint density at radius 3 is 2.31 bits per heavy atom. The standard InChI is InChI=1S/C27H24N2O4S2/c1-17-4-9-20(10-5-17)28-25(30)16-33-22-13-8-19(14-23(22)32-3)15-24-26(31)29(27(34)35-24)21-11-6-18(2)7-12-21/h4-15H,16H2,1-3H3,(H,28,30)/b24-15-. The highest BCUT2D eigenvalue weighted by Crippen LogP contribution is 2.37. The van der Waals surface area contributed by atoms with Crippen LogP contribution < -0.4 is 19.7 Å². The van der Waals surface area contributed by atoms with Crippen LogP contribution in [0.5, 0.6) is 11.5 Å². The summed E-state index contributed by atoms with van der Waals surface area (Å²) in [6.45, 7) is 3.81. The first-order valence-corrected chi connectivity index (χ1v) is 12.1. The lowest BCUT2D eigenvalue weighted by molar-refractivity contribution is -0.118. The van der Waals surface area contributed by atoms with Crippen LogP contribution in [0, 0.1) is 13.8 Å². The van der Waals surface area contributed by atoms with Crippen molar-refractivity contribution in [2.75, 3.05) is 23.9 Å². The zero-order valence-corrected chi connectivity index (χ0v) is 21.2. The molecule has 2 amide bonds. The van der Waals surface area contributed by atoms with Gasteiger partial charge in [0.15, 0.2) is 22.4 Å². The summed E-state index contributed by atoms with van der Waals surface area (Å²) in [5, 5.41) is 2.79. The van der Waals surface area contributed by atoms with Gasteiger partial charge >= 0.3 is 0 Å². The number of hydrogen-bond acceptors (Lipinski definition) is 6. The van der Waals surface area contributed by atoms with Gasteiger partial charge in [-0.05, 0) is 61.9 Å². The molecule has 3 aromatic carbocycles. The third-order valence-corrected chi connectivity index (χ3v) is 6.57. The number of carbonyl (C=O) groups excluding carboxylic acids is 2. The quantitative estimate of drug-likeness (QED) is 0.327. The number of thiocarbonyl (C=S) groups is 1. The minimum absolute atomic E-state index is 0.168. The van der Waals surface area contributed by atoms with E-state index in [1.807, 2.05) is 62.4 Å². The number of rotatable bonds is 7. The van der Waals surface area contributed by atoms with Crippen molar-refractivity contribution in [3.8, 4) is 11.5 Å². The van der Waals surface area contributed by atoms with Crippen LogP contribution in [-0.4, -0.2) is 29.9 Å². The molecule has 0 radical (unpaired) electrons. The number of nitrogens with zero attached hydrogens (tertiary/aromatic N) is 1. The first-order valence-electron chi connectivity index (χ1n) is 10.9. The summed E-state index contributed by atoms with van der Waals surface area (Å²) in [5.41, 5.74) is 4.42. The highest BCUT2D eigenvalue weighted by Gasteiger charge is 2.33. The average molecular weight is 505 g/mol. The average Bonchev–Trinajstić information content (AvgIpc) is 3.12. The lowest BCUT2D eigenvalue weighted by Crippen LogP contribution is -2.27. The molecule has 1 aliphatic rings. The van der Waals surface area contributed by atoms with E-state index in [4.69, 9.17) is 21.7 Å². The molecule has 0 aliphatic carbocycles. The van der Waals surface area contributed by atoms with E-state index < -0.39 is 0 Å². The molecule has 0 unspecified atom stereocenters. The van der Waals surface area contributed by atoms with E-state index in [0.717, 1.165) is 22.4 Å². The third kappa shape index (κ3) is 5.90. The molecule has 1 fully saturated rings. The SMILES string of the molecule is COc1cc(/C=C2\SC(=S)N(c3ccc(C)cc3)C2=O)ccc1OCC(=O)Nc1ccc(C)cc1. The highest BCUT2D eigenvalue weighted by atomic mass is 32.2. The van der Waals surface area contributed by atoms with Crippen molar-refractivity contribution in [1.82, 2.24) is 0 Å².